The molecule has 3 aromatic carbocycles. The van der Waals surface area contributed by atoms with E-state index in [0.717, 1.165) is 35.9 Å². The molecule has 0 radical (unpaired) electrons. The molecule has 1 saturated heterocycles. The first-order chi connectivity index (χ1) is 20.2. The number of nitrogens with zero attached hydrogens (tertiary/aromatic N) is 3. The maximum atomic E-state index is 16.2. The number of amides is 1. The van der Waals surface area contributed by atoms with Crippen LogP contribution in [0.2, 0.25) is 10.0 Å². The topological polar surface area (TPSA) is 87.5 Å². The Morgan fingerprint density at radius 2 is 1.95 bits per heavy atom. The van der Waals surface area contributed by atoms with Crippen molar-refractivity contribution in [3.8, 4) is 0 Å². The average Bonchev–Trinajstić information content (AvgIpc) is 3.53. The molecule has 8 rings (SSSR count). The van der Waals surface area contributed by atoms with E-state index >= 15 is 4.39 Å². The average molecular weight is 622 g/mol. The molecule has 4 atom stereocenters. The largest absolute Gasteiger partial charge is 0.478 e. The van der Waals surface area contributed by atoms with Gasteiger partial charge in [0, 0.05) is 45.9 Å². The van der Waals surface area contributed by atoms with Gasteiger partial charge in [-0.2, -0.15) is 5.10 Å². The minimum atomic E-state index is -1.22. The first-order valence-corrected chi connectivity index (χ1v) is 15.0. The van der Waals surface area contributed by atoms with Crippen LogP contribution in [-0.4, -0.2) is 44.3 Å². The van der Waals surface area contributed by atoms with Gasteiger partial charge in [0.25, 0.3) is 0 Å². The maximum Gasteiger partial charge on any atom is 0.336 e. The van der Waals surface area contributed by atoms with E-state index in [0.29, 0.717) is 46.2 Å². The molecule has 4 aromatic rings. The van der Waals surface area contributed by atoms with Crippen molar-refractivity contribution < 1.29 is 19.1 Å². The highest BCUT2D eigenvalue weighted by Gasteiger charge is 2.69. The number of carbonyl (C=O) groups excluding carboxylic acids is 1. The third kappa shape index (κ3) is 3.79. The van der Waals surface area contributed by atoms with Crippen LogP contribution in [0.4, 0.5) is 10.1 Å². The Balaban J connectivity index is 0.00000300. The fourth-order valence-corrected chi connectivity index (χ4v) is 8.36. The molecule has 1 saturated carbocycles. The van der Waals surface area contributed by atoms with Crippen molar-refractivity contribution in [3.63, 3.8) is 0 Å². The first-order valence-electron chi connectivity index (χ1n) is 14.3. The second-order valence-electron chi connectivity index (χ2n) is 12.1. The third-order valence-electron chi connectivity index (χ3n) is 9.91. The molecule has 222 valence electrons. The minimum absolute atomic E-state index is 0. The Bertz CT molecular complexity index is 1850. The van der Waals surface area contributed by atoms with Crippen molar-refractivity contribution in [1.82, 2.24) is 14.7 Å². The molecule has 1 aromatic heterocycles. The molecule has 0 unspecified atom stereocenters. The molecular weight excluding hydrogens is 590 g/mol. The highest BCUT2D eigenvalue weighted by atomic mass is 35.5. The van der Waals surface area contributed by atoms with Gasteiger partial charge >= 0.3 is 5.97 Å². The van der Waals surface area contributed by atoms with E-state index in [2.05, 4.69) is 10.2 Å². The Kier molecular flexibility index (Phi) is 6.44. The number of likely N-dealkylation sites (tertiary alicyclic amines) is 1. The number of rotatable bonds is 4. The number of aromatic nitrogens is 2. The summed E-state index contributed by atoms with van der Waals surface area (Å²) in [4.78, 5) is 28.8. The summed E-state index contributed by atoms with van der Waals surface area (Å²) >= 11 is 12.8. The number of benzene rings is 3. The minimum Gasteiger partial charge on any atom is -0.478 e. The summed E-state index contributed by atoms with van der Waals surface area (Å²) in [6, 6.07) is 13.4. The summed E-state index contributed by atoms with van der Waals surface area (Å²) < 4.78 is 18.2. The lowest BCUT2D eigenvalue weighted by atomic mass is 9.73. The molecule has 0 bridgehead atoms. The summed E-state index contributed by atoms with van der Waals surface area (Å²) in [7, 11) is 0. The summed E-state index contributed by atoms with van der Waals surface area (Å²) in [5.74, 6) is -1.98. The van der Waals surface area contributed by atoms with Gasteiger partial charge in [-0.3, -0.25) is 14.4 Å². The summed E-state index contributed by atoms with van der Waals surface area (Å²) in [6.45, 7) is 2.48. The first kappa shape index (κ1) is 28.3. The summed E-state index contributed by atoms with van der Waals surface area (Å²) in [5, 5.41) is 19.3. The number of carboxylic acids is 1. The highest BCUT2D eigenvalue weighted by Crippen LogP contribution is 2.63. The Morgan fingerprint density at radius 1 is 1.16 bits per heavy atom. The molecule has 1 aliphatic carbocycles. The summed E-state index contributed by atoms with van der Waals surface area (Å²) in [6.07, 6.45) is 3.61. The van der Waals surface area contributed by atoms with Crippen molar-refractivity contribution in [2.45, 2.75) is 63.6 Å². The molecule has 10 heteroatoms. The second kappa shape index (κ2) is 9.78. The SMILES string of the molecule is C.Cc1c(C(=O)O)ccc2c3n(nc12)[C@@H]1[C@H](CC3)N(CC2CC2)[C@@]2(C(=O)Nc3cc(Cl)ccc32)[C@H]1c1cccc(Cl)c1F. The Hall–Kier alpha value is -3.46. The molecule has 43 heavy (non-hydrogen) atoms. The highest BCUT2D eigenvalue weighted by molar-refractivity contribution is 6.31. The fourth-order valence-electron chi connectivity index (χ4n) is 8.00. The summed E-state index contributed by atoms with van der Waals surface area (Å²) in [5.41, 5.74) is 2.93. The quantitative estimate of drug-likeness (QED) is 0.249. The number of carbonyl (C=O) groups is 2. The van der Waals surface area contributed by atoms with Crippen molar-refractivity contribution in [2.24, 2.45) is 5.92 Å². The number of halogens is 3. The van der Waals surface area contributed by atoms with Crippen LogP contribution in [0.15, 0.2) is 48.5 Å². The van der Waals surface area contributed by atoms with Crippen LogP contribution in [0.3, 0.4) is 0 Å². The van der Waals surface area contributed by atoms with Gasteiger partial charge in [-0.05, 0) is 73.9 Å². The van der Waals surface area contributed by atoms with E-state index in [9.17, 15) is 14.7 Å². The van der Waals surface area contributed by atoms with Crippen LogP contribution in [0.1, 0.15) is 71.4 Å². The number of nitrogens with one attached hydrogen (secondary N) is 1. The Labute approximate surface area is 258 Å². The number of hydrogen-bond acceptors (Lipinski definition) is 4. The number of aryl methyl sites for hydroxylation is 2. The van der Waals surface area contributed by atoms with E-state index in [1.807, 2.05) is 16.8 Å². The van der Waals surface area contributed by atoms with E-state index in [4.69, 9.17) is 28.3 Å². The van der Waals surface area contributed by atoms with Gasteiger partial charge in [-0.15, -0.1) is 0 Å². The van der Waals surface area contributed by atoms with Crippen LogP contribution in [-0.2, 0) is 16.8 Å². The number of hydrogen-bond donors (Lipinski definition) is 2. The van der Waals surface area contributed by atoms with E-state index in [1.54, 1.807) is 37.3 Å². The van der Waals surface area contributed by atoms with Gasteiger partial charge in [-0.25, -0.2) is 9.18 Å². The lowest BCUT2D eigenvalue weighted by molar-refractivity contribution is -0.128. The van der Waals surface area contributed by atoms with Gasteiger partial charge in [0.05, 0.1) is 22.1 Å². The molecule has 2 fully saturated rings. The zero-order chi connectivity index (χ0) is 29.1. The molecule has 7 nitrogen and oxygen atoms in total. The van der Waals surface area contributed by atoms with Gasteiger partial charge in [-0.1, -0.05) is 54.9 Å². The molecule has 4 heterocycles. The van der Waals surface area contributed by atoms with E-state index in [1.165, 1.54) is 6.07 Å². The lowest BCUT2D eigenvalue weighted by Crippen LogP contribution is -2.52. The number of carboxylic acid groups (broad SMARTS) is 1. The standard InChI is InChI=1S/C32H27Cl2FN4O3.CH4/c1-15-18(30(40)41)8-9-19-24-11-12-25-29(39(24)37-28(15)19)26(20-3-2-4-22(34)27(20)35)32(38(25)14-16-5-6-16)21-10-7-17(33)13-23(21)36-31(32)42;/h2-4,7-10,13,16,25-26,29H,5-6,11-12,14H2,1H3,(H,36,42)(H,40,41);1H4/t25-,26-,29+,32+;/m0./s1. The number of aromatic carboxylic acids is 1. The van der Waals surface area contributed by atoms with Gasteiger partial charge in [0.1, 0.15) is 11.4 Å². The van der Waals surface area contributed by atoms with E-state index < -0.39 is 29.3 Å². The molecule has 4 aliphatic rings. The van der Waals surface area contributed by atoms with Crippen molar-refractivity contribution in [2.75, 3.05) is 11.9 Å². The van der Waals surface area contributed by atoms with Gasteiger partial charge in [0.15, 0.2) is 0 Å². The zero-order valence-electron chi connectivity index (χ0n) is 22.7. The molecular formula is C33H31Cl2FN4O3. The van der Waals surface area contributed by atoms with Crippen LogP contribution in [0.25, 0.3) is 10.9 Å². The molecule has 1 amide bonds. The molecule has 3 aliphatic heterocycles. The lowest BCUT2D eigenvalue weighted by Gasteiger charge is -2.39. The van der Waals surface area contributed by atoms with Crippen LogP contribution < -0.4 is 5.32 Å². The molecule has 1 spiro atoms. The zero-order valence-corrected chi connectivity index (χ0v) is 24.2. The normalized spacial score (nSPS) is 25.8. The Morgan fingerprint density at radius 3 is 2.70 bits per heavy atom. The number of fused-ring (bicyclic) bond motifs is 7. The second-order valence-corrected chi connectivity index (χ2v) is 12.9. The van der Waals surface area contributed by atoms with Gasteiger partial charge < -0.3 is 10.4 Å². The smallest absolute Gasteiger partial charge is 0.336 e. The number of anilines is 1. The monoisotopic (exact) mass is 620 g/mol. The van der Waals surface area contributed by atoms with Crippen LogP contribution in [0.5, 0.6) is 0 Å². The van der Waals surface area contributed by atoms with Crippen molar-refractivity contribution >= 4 is 51.7 Å². The molecule has 2 N–H and O–H groups in total. The fraction of sp³-hybridized carbons (Fsp3) is 0.364. The maximum absolute atomic E-state index is 16.2. The van der Waals surface area contributed by atoms with Crippen LogP contribution >= 0.6 is 23.2 Å². The van der Waals surface area contributed by atoms with Crippen molar-refractivity contribution in [3.05, 3.63) is 92.3 Å². The predicted octanol–water partition coefficient (Wildman–Crippen LogP) is 7.34. The van der Waals surface area contributed by atoms with Crippen molar-refractivity contribution in [1.29, 1.82) is 0 Å². The van der Waals surface area contributed by atoms with E-state index in [-0.39, 0.29) is 30.0 Å². The van der Waals surface area contributed by atoms with Crippen LogP contribution in [0, 0.1) is 18.7 Å². The predicted molar refractivity (Wildman–Crippen MR) is 165 cm³/mol. The van der Waals surface area contributed by atoms with Gasteiger partial charge in [0.2, 0.25) is 5.91 Å². The third-order valence-corrected chi connectivity index (χ3v) is 10.4.